The molecule has 0 aliphatic carbocycles. The average molecular weight is 594 g/mol. The summed E-state index contributed by atoms with van der Waals surface area (Å²) in [6, 6.07) is 4.92. The summed E-state index contributed by atoms with van der Waals surface area (Å²) in [6.45, 7) is -8.21. The first-order valence-corrected chi connectivity index (χ1v) is 10.5. The fourth-order valence-corrected chi connectivity index (χ4v) is 3.67. The van der Waals surface area contributed by atoms with Crippen molar-refractivity contribution >= 4 is 11.4 Å². The number of nitrogens with zero attached hydrogens (tertiary/aromatic N) is 2. The smallest absolute Gasteiger partial charge is 0.353 e. The summed E-state index contributed by atoms with van der Waals surface area (Å²) >= 11 is 0. The predicted molar refractivity (Wildman–Crippen MR) is 109 cm³/mol. The van der Waals surface area contributed by atoms with Crippen molar-refractivity contribution in [2.24, 2.45) is 0 Å². The van der Waals surface area contributed by atoms with Crippen molar-refractivity contribution in [1.82, 2.24) is 0 Å². The van der Waals surface area contributed by atoms with Gasteiger partial charge >= 0.3 is 30.9 Å². The Morgan fingerprint density at radius 3 is 0.821 bits per heavy atom. The quantitative estimate of drug-likeness (QED) is 0.284. The molecule has 0 bridgehead atoms. The molecule has 0 heterocycles. The van der Waals surface area contributed by atoms with Crippen LogP contribution in [0.3, 0.4) is 0 Å². The third-order valence-electron chi connectivity index (χ3n) is 4.99. The van der Waals surface area contributed by atoms with E-state index in [1.807, 2.05) is 0 Å². The highest BCUT2D eigenvalue weighted by Gasteiger charge is 2.43. The van der Waals surface area contributed by atoms with E-state index in [1.54, 1.807) is 0 Å². The van der Waals surface area contributed by atoms with E-state index in [-0.39, 0.29) is 9.80 Å². The molecule has 0 saturated carbocycles. The molecule has 0 fully saturated rings. The normalized spacial score (nSPS) is 13.6. The molecule has 0 atom stereocenters. The number of benzene rings is 2. The van der Waals surface area contributed by atoms with Gasteiger partial charge in [-0.3, -0.25) is 0 Å². The first-order chi connectivity index (χ1) is 17.4. The molecule has 0 amide bonds. The van der Waals surface area contributed by atoms with Crippen LogP contribution < -0.4 is 9.80 Å². The van der Waals surface area contributed by atoms with Gasteiger partial charge in [0.25, 0.3) is 0 Å². The summed E-state index contributed by atoms with van der Waals surface area (Å²) in [7, 11) is 0. The molecule has 0 radical (unpaired) electrons. The molecule has 220 valence electrons. The summed E-state index contributed by atoms with van der Waals surface area (Å²) < 4.78 is 194. The molecule has 2 nitrogen and oxygen atoms in total. The van der Waals surface area contributed by atoms with Crippen LogP contribution >= 0.6 is 0 Å². The van der Waals surface area contributed by atoms with E-state index >= 15 is 0 Å². The van der Waals surface area contributed by atoms with E-state index in [0.29, 0.717) is 48.5 Å². The van der Waals surface area contributed by atoms with Crippen molar-refractivity contribution in [3.63, 3.8) is 0 Å². The van der Waals surface area contributed by atoms with Gasteiger partial charge in [0.2, 0.25) is 0 Å². The molecule has 2 aromatic carbocycles. The van der Waals surface area contributed by atoms with Crippen molar-refractivity contribution in [1.29, 1.82) is 0 Å². The highest BCUT2D eigenvalue weighted by atomic mass is 19.4. The van der Waals surface area contributed by atoms with Crippen molar-refractivity contribution < 1.29 is 65.9 Å². The maximum absolute atomic E-state index is 13.9. The minimum absolute atomic E-state index is 0.142. The van der Waals surface area contributed by atoms with Gasteiger partial charge in [0.15, 0.2) is 0 Å². The molecule has 0 saturated heterocycles. The standard InChI is InChI=1S/C22H17F15N2/c23-18(24,25)9-38(10-19(26,27)28)15-5-1-13(2-6-15)17(22(35,36)37)14-3-7-16(8-4-14)39(11-20(29,30)31)12-21(32,33)34/h1-8,17H,9-12H2. The second-order valence-electron chi connectivity index (χ2n) is 8.33. The molecule has 2 aromatic rings. The minimum Gasteiger partial charge on any atom is -0.353 e. The van der Waals surface area contributed by atoms with Gasteiger partial charge in [0.05, 0.1) is 0 Å². The Kier molecular flexibility index (Phi) is 9.28. The first kappa shape index (κ1) is 32.2. The van der Waals surface area contributed by atoms with Crippen molar-refractivity contribution in [3.05, 3.63) is 59.7 Å². The molecule has 0 unspecified atom stereocenters. The van der Waals surface area contributed by atoms with E-state index in [0.717, 1.165) is 0 Å². The summed E-state index contributed by atoms with van der Waals surface area (Å²) in [4.78, 5) is -0.284. The number of alkyl halides is 15. The Labute approximate surface area is 210 Å². The molecule has 0 N–H and O–H groups in total. The third-order valence-corrected chi connectivity index (χ3v) is 4.99. The largest absolute Gasteiger partial charge is 0.405 e. The third kappa shape index (κ3) is 10.9. The Hall–Kier alpha value is -3.01. The molecular formula is C22H17F15N2. The van der Waals surface area contributed by atoms with Gasteiger partial charge in [0, 0.05) is 11.4 Å². The number of anilines is 2. The lowest BCUT2D eigenvalue weighted by Crippen LogP contribution is -2.40. The molecule has 17 heteroatoms. The highest BCUT2D eigenvalue weighted by Crippen LogP contribution is 2.41. The minimum atomic E-state index is -5.11. The fraction of sp³-hybridized carbons (Fsp3) is 0.455. The molecule has 0 spiro atoms. The first-order valence-electron chi connectivity index (χ1n) is 10.5. The van der Waals surface area contributed by atoms with Gasteiger partial charge in [-0.15, -0.1) is 0 Å². The van der Waals surface area contributed by atoms with Crippen LogP contribution in [0.25, 0.3) is 0 Å². The summed E-state index contributed by atoms with van der Waals surface area (Å²) in [5.41, 5.74) is -2.69. The molecule has 0 aromatic heterocycles. The maximum Gasteiger partial charge on any atom is 0.405 e. The molecule has 39 heavy (non-hydrogen) atoms. The molecule has 0 aliphatic rings. The second kappa shape index (κ2) is 11.2. The number of rotatable bonds is 8. The van der Waals surface area contributed by atoms with Crippen molar-refractivity contribution in [3.8, 4) is 0 Å². The zero-order chi connectivity index (χ0) is 30.0. The van der Waals surface area contributed by atoms with Crippen LogP contribution in [0.5, 0.6) is 0 Å². The Morgan fingerprint density at radius 1 is 0.410 bits per heavy atom. The summed E-state index contributed by atoms with van der Waals surface area (Å²) in [5, 5.41) is 0. The van der Waals surface area contributed by atoms with Gasteiger partial charge in [-0.25, -0.2) is 0 Å². The number of hydrogen-bond donors (Lipinski definition) is 0. The fourth-order valence-electron chi connectivity index (χ4n) is 3.67. The monoisotopic (exact) mass is 594 g/mol. The summed E-state index contributed by atoms with van der Waals surface area (Å²) in [5.74, 6) is -2.56. The van der Waals surface area contributed by atoms with Gasteiger partial charge in [0.1, 0.15) is 32.1 Å². The van der Waals surface area contributed by atoms with Crippen LogP contribution in [0.15, 0.2) is 48.5 Å². The Bertz CT molecular complexity index is 935. The van der Waals surface area contributed by atoms with Crippen LogP contribution in [-0.4, -0.2) is 57.1 Å². The van der Waals surface area contributed by atoms with Gasteiger partial charge < -0.3 is 9.80 Å². The maximum atomic E-state index is 13.9. The SMILES string of the molecule is FC(F)(F)CN(CC(F)(F)F)c1ccc(C(c2ccc(N(CC(F)(F)F)CC(F)(F)F)cc2)C(F)(F)F)cc1. The van der Waals surface area contributed by atoms with Crippen LogP contribution in [0.1, 0.15) is 17.0 Å². The van der Waals surface area contributed by atoms with E-state index < -0.39 is 85.5 Å². The lowest BCUT2D eigenvalue weighted by molar-refractivity contribution is -0.141. The van der Waals surface area contributed by atoms with Crippen LogP contribution in [-0.2, 0) is 0 Å². The van der Waals surface area contributed by atoms with Crippen LogP contribution in [0, 0.1) is 0 Å². The summed E-state index contributed by atoms with van der Waals surface area (Å²) in [6.07, 6.45) is -25.4. The van der Waals surface area contributed by atoms with Crippen molar-refractivity contribution in [2.75, 3.05) is 36.0 Å². The van der Waals surface area contributed by atoms with Crippen LogP contribution in [0.2, 0.25) is 0 Å². The van der Waals surface area contributed by atoms with E-state index in [4.69, 9.17) is 0 Å². The average Bonchev–Trinajstić information content (AvgIpc) is 2.69. The highest BCUT2D eigenvalue weighted by molar-refractivity contribution is 5.52. The lowest BCUT2D eigenvalue weighted by atomic mass is 9.90. The molecular weight excluding hydrogens is 577 g/mol. The number of halogens is 15. The van der Waals surface area contributed by atoms with Gasteiger partial charge in [-0.05, 0) is 35.4 Å². The zero-order valence-electron chi connectivity index (χ0n) is 19.1. The molecule has 2 rings (SSSR count). The Balaban J connectivity index is 2.42. The number of hydrogen-bond acceptors (Lipinski definition) is 2. The van der Waals surface area contributed by atoms with E-state index in [1.165, 1.54) is 0 Å². The topological polar surface area (TPSA) is 6.48 Å². The van der Waals surface area contributed by atoms with Gasteiger partial charge in [-0.1, -0.05) is 24.3 Å². The second-order valence-corrected chi connectivity index (χ2v) is 8.33. The van der Waals surface area contributed by atoms with Gasteiger partial charge in [-0.2, -0.15) is 65.9 Å². The van der Waals surface area contributed by atoms with E-state index in [2.05, 4.69) is 0 Å². The van der Waals surface area contributed by atoms with Crippen LogP contribution in [0.4, 0.5) is 77.2 Å². The predicted octanol–water partition coefficient (Wildman–Crippen LogP) is 8.24. The van der Waals surface area contributed by atoms with Crippen molar-refractivity contribution in [2.45, 2.75) is 36.8 Å². The zero-order valence-corrected chi connectivity index (χ0v) is 19.1. The van der Waals surface area contributed by atoms with E-state index in [9.17, 15) is 65.9 Å². The lowest BCUT2D eigenvalue weighted by Gasteiger charge is -2.28. The molecule has 0 aliphatic heterocycles. The Morgan fingerprint density at radius 2 is 0.641 bits per heavy atom.